The minimum absolute atomic E-state index is 0.0978. The lowest BCUT2D eigenvalue weighted by molar-refractivity contribution is -0.384. The van der Waals surface area contributed by atoms with Crippen LogP contribution in [-0.2, 0) is 6.54 Å². The molecule has 2 aromatic carbocycles. The van der Waals surface area contributed by atoms with E-state index in [0.29, 0.717) is 16.5 Å². The maximum atomic E-state index is 13.0. The van der Waals surface area contributed by atoms with E-state index in [0.717, 1.165) is 10.5 Å². The van der Waals surface area contributed by atoms with Crippen LogP contribution in [0.1, 0.15) is 5.56 Å². The molecule has 0 fully saturated rings. The van der Waals surface area contributed by atoms with Gasteiger partial charge in [-0.2, -0.15) is 0 Å². The lowest BCUT2D eigenvalue weighted by Gasteiger charge is -2.22. The van der Waals surface area contributed by atoms with Crippen molar-refractivity contribution in [2.24, 2.45) is 0 Å². The molecule has 0 atom stereocenters. The number of hydrogen-bond donors (Lipinski definition) is 1. The van der Waals surface area contributed by atoms with Crippen LogP contribution in [0.15, 0.2) is 66.9 Å². The van der Waals surface area contributed by atoms with Gasteiger partial charge < -0.3 is 10.1 Å². The molecular formula is C20H17ClN4O4. The zero-order valence-electron chi connectivity index (χ0n) is 15.4. The Labute approximate surface area is 171 Å². The molecule has 1 aromatic heterocycles. The lowest BCUT2D eigenvalue weighted by Crippen LogP contribution is -2.37. The van der Waals surface area contributed by atoms with Crippen LogP contribution in [-0.4, -0.2) is 23.0 Å². The maximum absolute atomic E-state index is 13.0. The molecule has 2 amide bonds. The van der Waals surface area contributed by atoms with Crippen LogP contribution in [0.25, 0.3) is 0 Å². The highest BCUT2D eigenvalue weighted by Gasteiger charge is 2.27. The Morgan fingerprint density at radius 2 is 1.97 bits per heavy atom. The van der Waals surface area contributed by atoms with Crippen molar-refractivity contribution < 1.29 is 14.5 Å². The number of carbonyl (C=O) groups is 1. The third-order valence-corrected chi connectivity index (χ3v) is 4.30. The van der Waals surface area contributed by atoms with Crippen molar-refractivity contribution in [1.29, 1.82) is 0 Å². The van der Waals surface area contributed by atoms with Crippen molar-refractivity contribution in [3.63, 3.8) is 0 Å². The smallest absolute Gasteiger partial charge is 0.328 e. The second-order valence-electron chi connectivity index (χ2n) is 5.93. The van der Waals surface area contributed by atoms with Crippen LogP contribution in [0.4, 0.5) is 22.0 Å². The van der Waals surface area contributed by atoms with Crippen LogP contribution >= 0.6 is 11.6 Å². The van der Waals surface area contributed by atoms with Gasteiger partial charge in [-0.15, -0.1) is 0 Å². The summed E-state index contributed by atoms with van der Waals surface area (Å²) in [6.45, 7) is 0.205. The Morgan fingerprint density at radius 3 is 2.66 bits per heavy atom. The number of hydrogen-bond acceptors (Lipinski definition) is 5. The Bertz CT molecular complexity index is 1030. The number of carbonyl (C=O) groups excluding carboxylic acids is 1. The highest BCUT2D eigenvalue weighted by atomic mass is 35.5. The largest absolute Gasteiger partial charge is 0.497 e. The Kier molecular flexibility index (Phi) is 6.25. The topological polar surface area (TPSA) is 97.6 Å². The molecule has 0 spiro atoms. The standard InChI is InChI=1S/C20H17ClN4O4/c1-29-17-5-2-4-16(12-17)24(19-18(25(27)28)6-3-11-22-19)20(26)23-13-14-7-9-15(21)10-8-14/h2-12H,13H2,1H3,(H,23,26). The van der Waals surface area contributed by atoms with E-state index in [9.17, 15) is 14.9 Å². The highest BCUT2D eigenvalue weighted by molar-refractivity contribution is 6.30. The fraction of sp³-hybridized carbons (Fsp3) is 0.100. The average Bonchev–Trinajstić information content (AvgIpc) is 2.74. The van der Waals surface area contributed by atoms with Crippen molar-refractivity contribution in [2.75, 3.05) is 12.0 Å². The van der Waals surface area contributed by atoms with Crippen molar-refractivity contribution in [2.45, 2.75) is 6.54 Å². The quantitative estimate of drug-likeness (QED) is 0.467. The number of nitro groups is 1. The van der Waals surface area contributed by atoms with Gasteiger partial charge in [0.1, 0.15) is 5.75 Å². The van der Waals surface area contributed by atoms with Gasteiger partial charge in [0.15, 0.2) is 0 Å². The maximum Gasteiger partial charge on any atom is 0.328 e. The molecule has 0 saturated carbocycles. The lowest BCUT2D eigenvalue weighted by atomic mass is 10.2. The number of benzene rings is 2. The summed E-state index contributed by atoms with van der Waals surface area (Å²) in [6, 6.07) is 15.8. The van der Waals surface area contributed by atoms with Crippen molar-refractivity contribution in [1.82, 2.24) is 10.3 Å². The molecule has 0 radical (unpaired) electrons. The number of aromatic nitrogens is 1. The number of anilines is 2. The molecule has 1 heterocycles. The number of pyridine rings is 1. The number of ether oxygens (including phenoxy) is 1. The van der Waals surface area contributed by atoms with E-state index in [1.165, 1.54) is 25.4 Å². The number of nitrogens with zero attached hydrogens (tertiary/aromatic N) is 3. The summed E-state index contributed by atoms with van der Waals surface area (Å²) in [5.41, 5.74) is 0.903. The van der Waals surface area contributed by atoms with Gasteiger partial charge in [0.25, 0.3) is 0 Å². The zero-order chi connectivity index (χ0) is 20.8. The number of urea groups is 1. The van der Waals surface area contributed by atoms with Gasteiger partial charge in [-0.1, -0.05) is 29.8 Å². The van der Waals surface area contributed by atoms with E-state index < -0.39 is 11.0 Å². The predicted molar refractivity (Wildman–Crippen MR) is 110 cm³/mol. The van der Waals surface area contributed by atoms with Crippen molar-refractivity contribution in [3.8, 4) is 5.75 Å². The summed E-state index contributed by atoms with van der Waals surface area (Å²) in [4.78, 5) is 29.2. The molecule has 8 nitrogen and oxygen atoms in total. The molecule has 0 saturated heterocycles. The van der Waals surface area contributed by atoms with Crippen LogP contribution in [0.5, 0.6) is 5.75 Å². The third-order valence-electron chi connectivity index (χ3n) is 4.05. The Balaban J connectivity index is 1.97. The van der Waals surface area contributed by atoms with Crippen LogP contribution in [0.3, 0.4) is 0 Å². The molecule has 0 bridgehead atoms. The molecule has 0 aliphatic carbocycles. The van der Waals surface area contributed by atoms with Crippen LogP contribution < -0.4 is 15.0 Å². The fourth-order valence-corrected chi connectivity index (χ4v) is 2.77. The summed E-state index contributed by atoms with van der Waals surface area (Å²) < 4.78 is 5.21. The first-order valence-electron chi connectivity index (χ1n) is 8.55. The SMILES string of the molecule is COc1cccc(N(C(=O)NCc2ccc(Cl)cc2)c2ncccc2[N+](=O)[O-])c1. The second-order valence-corrected chi connectivity index (χ2v) is 6.36. The summed E-state index contributed by atoms with van der Waals surface area (Å²) in [5.74, 6) is 0.399. The highest BCUT2D eigenvalue weighted by Crippen LogP contribution is 2.33. The number of rotatable bonds is 6. The third kappa shape index (κ3) is 4.80. The predicted octanol–water partition coefficient (Wildman–Crippen LogP) is 4.70. The summed E-state index contributed by atoms with van der Waals surface area (Å²) in [6.07, 6.45) is 1.39. The molecule has 3 aromatic rings. The summed E-state index contributed by atoms with van der Waals surface area (Å²) >= 11 is 5.88. The monoisotopic (exact) mass is 412 g/mol. The van der Waals surface area contributed by atoms with Gasteiger partial charge in [-0.25, -0.2) is 14.7 Å². The first-order chi connectivity index (χ1) is 14.0. The van der Waals surface area contributed by atoms with E-state index >= 15 is 0 Å². The average molecular weight is 413 g/mol. The molecule has 29 heavy (non-hydrogen) atoms. The van der Waals surface area contributed by atoms with Gasteiger partial charge in [-0.05, 0) is 35.9 Å². The van der Waals surface area contributed by atoms with E-state index in [4.69, 9.17) is 16.3 Å². The van der Waals surface area contributed by atoms with Crippen LogP contribution in [0.2, 0.25) is 5.02 Å². The Hall–Kier alpha value is -3.65. The van der Waals surface area contributed by atoms with Crippen molar-refractivity contribution >= 4 is 34.8 Å². The van der Waals surface area contributed by atoms with E-state index in [1.807, 2.05) is 0 Å². The second kappa shape index (κ2) is 9.03. The molecule has 9 heteroatoms. The molecular weight excluding hydrogens is 396 g/mol. The minimum atomic E-state index is -0.581. The molecule has 0 unspecified atom stereocenters. The number of nitrogens with one attached hydrogen (secondary N) is 1. The van der Waals surface area contributed by atoms with Crippen LogP contribution in [0, 0.1) is 10.1 Å². The van der Waals surface area contributed by atoms with Gasteiger partial charge in [0.2, 0.25) is 5.82 Å². The number of amides is 2. The molecule has 1 N–H and O–H groups in total. The van der Waals surface area contributed by atoms with Crippen molar-refractivity contribution in [3.05, 3.63) is 87.6 Å². The molecule has 148 valence electrons. The van der Waals surface area contributed by atoms with E-state index in [-0.39, 0.29) is 18.1 Å². The van der Waals surface area contributed by atoms with E-state index in [1.54, 1.807) is 48.5 Å². The molecule has 0 aliphatic heterocycles. The number of methoxy groups -OCH3 is 1. The van der Waals surface area contributed by atoms with Gasteiger partial charge >= 0.3 is 11.7 Å². The zero-order valence-corrected chi connectivity index (χ0v) is 16.2. The van der Waals surface area contributed by atoms with Gasteiger partial charge in [0.05, 0.1) is 17.7 Å². The first-order valence-corrected chi connectivity index (χ1v) is 8.93. The Morgan fingerprint density at radius 1 is 1.21 bits per heavy atom. The minimum Gasteiger partial charge on any atom is -0.497 e. The summed E-state index contributed by atoms with van der Waals surface area (Å²) in [5, 5.41) is 14.8. The molecule has 3 rings (SSSR count). The van der Waals surface area contributed by atoms with E-state index in [2.05, 4.69) is 10.3 Å². The first kappa shape index (κ1) is 20.1. The van der Waals surface area contributed by atoms with Gasteiger partial charge in [0, 0.05) is 29.9 Å². The normalized spacial score (nSPS) is 10.3. The fourth-order valence-electron chi connectivity index (χ4n) is 2.65. The number of halogens is 1. The molecule has 0 aliphatic rings. The van der Waals surface area contributed by atoms with Gasteiger partial charge in [-0.3, -0.25) is 10.1 Å². The summed E-state index contributed by atoms with van der Waals surface area (Å²) in [7, 11) is 1.49.